The van der Waals surface area contributed by atoms with E-state index < -0.39 is 0 Å². The molecule has 286 valence electrons. The van der Waals surface area contributed by atoms with Crippen molar-refractivity contribution in [2.24, 2.45) is 0 Å². The second-order valence-electron chi connectivity index (χ2n) is 15.7. The summed E-state index contributed by atoms with van der Waals surface area (Å²) in [7, 11) is 0. The van der Waals surface area contributed by atoms with E-state index in [1.807, 2.05) is 0 Å². The number of aromatic nitrogens is 1. The predicted molar refractivity (Wildman–Crippen MR) is 261 cm³/mol. The van der Waals surface area contributed by atoms with Crippen molar-refractivity contribution in [3.63, 3.8) is 0 Å². The van der Waals surface area contributed by atoms with E-state index in [0.29, 0.717) is 14.5 Å². The van der Waals surface area contributed by atoms with E-state index in [1.165, 1.54) is 90.9 Å². The molecular weight excluding hydrogens is 804 g/mol. The van der Waals surface area contributed by atoms with Crippen LogP contribution in [0, 0.1) is 0 Å². The molecule has 0 aliphatic rings. The number of fused-ring (bicyclic) bond motifs is 7. The molecule has 0 radical (unpaired) electrons. The second kappa shape index (κ2) is 14.7. The van der Waals surface area contributed by atoms with Gasteiger partial charge < -0.3 is 4.57 Å². The van der Waals surface area contributed by atoms with Crippen LogP contribution in [0.15, 0.2) is 231 Å². The van der Waals surface area contributed by atoms with Gasteiger partial charge in [-0.1, -0.05) is 84.9 Å². The van der Waals surface area contributed by atoms with Gasteiger partial charge in [-0.25, -0.2) is 0 Å². The van der Waals surface area contributed by atoms with E-state index in [4.69, 9.17) is 0 Å². The topological polar surface area (TPSA) is 8.17 Å². The number of hydrogen-bond acceptors (Lipinski definition) is 1. The van der Waals surface area contributed by atoms with Crippen LogP contribution in [0.1, 0.15) is 0 Å². The first kappa shape index (κ1) is 35.5. The van der Waals surface area contributed by atoms with Gasteiger partial charge in [-0.2, -0.15) is 0 Å². The molecule has 10 aromatic carbocycles. The molecule has 3 heteroatoms. The molecule has 0 aliphatic carbocycles. The van der Waals surface area contributed by atoms with Crippen LogP contribution in [0.3, 0.4) is 0 Å². The minimum absolute atomic E-state index is 0.359. The third-order valence-corrected chi connectivity index (χ3v) is 14.6. The van der Waals surface area contributed by atoms with E-state index in [1.54, 1.807) is 0 Å². The molecule has 0 fully saturated rings. The van der Waals surface area contributed by atoms with E-state index >= 15 is 0 Å². The molecule has 0 unspecified atom stereocenters. The Morgan fingerprint density at radius 3 is 1.67 bits per heavy atom. The maximum absolute atomic E-state index is 2.41. The molecule has 12 rings (SSSR count). The van der Waals surface area contributed by atoms with Crippen LogP contribution >= 0.6 is 0 Å². The zero-order chi connectivity index (χ0) is 40.3. The molecule has 0 atom stereocenters. The standard InChI is InChI=1S/C58H38N2Se/c1-2-14-46(15-3-1)60-55-20-10-7-17-50(55)52-37-43(28-34-56(52)60)40-24-30-47(31-25-40)59(54-19-9-6-16-49(54)45-23-22-39-12-4-5-13-42(39)36-45)48-32-26-41(27-33-48)44-29-35-58-53(38-44)51-18-8-11-21-57(51)61-58/h1-38H. The molecule has 61 heavy (non-hydrogen) atoms. The van der Waals surface area contributed by atoms with Gasteiger partial charge in [-0.15, -0.1) is 0 Å². The van der Waals surface area contributed by atoms with Gasteiger partial charge in [-0.05, 0) is 58.3 Å². The Labute approximate surface area is 360 Å². The average molecular weight is 842 g/mol. The summed E-state index contributed by atoms with van der Waals surface area (Å²) in [5.41, 5.74) is 14.1. The summed E-state index contributed by atoms with van der Waals surface area (Å²) in [6.07, 6.45) is 0. The molecule has 2 aromatic heterocycles. The van der Waals surface area contributed by atoms with Gasteiger partial charge in [0.1, 0.15) is 0 Å². The fraction of sp³-hybridized carbons (Fsp3) is 0. The van der Waals surface area contributed by atoms with E-state index in [9.17, 15) is 0 Å². The first-order chi connectivity index (χ1) is 30.2. The van der Waals surface area contributed by atoms with Gasteiger partial charge in [0.25, 0.3) is 0 Å². The van der Waals surface area contributed by atoms with Crippen molar-refractivity contribution in [1.82, 2.24) is 4.57 Å². The minimum atomic E-state index is 0.359. The van der Waals surface area contributed by atoms with Crippen molar-refractivity contribution in [2.75, 3.05) is 4.90 Å². The Hall–Kier alpha value is -7.42. The number of nitrogens with zero attached hydrogens (tertiary/aromatic N) is 2. The molecule has 12 aromatic rings. The monoisotopic (exact) mass is 842 g/mol. The van der Waals surface area contributed by atoms with Crippen molar-refractivity contribution in [3.05, 3.63) is 231 Å². The number of benzene rings is 10. The van der Waals surface area contributed by atoms with E-state index in [-0.39, 0.29) is 0 Å². The molecule has 0 amide bonds. The molecule has 2 nitrogen and oxygen atoms in total. The third kappa shape index (κ3) is 6.18. The molecule has 0 aliphatic heterocycles. The predicted octanol–water partition coefficient (Wildman–Crippen LogP) is 15.8. The molecule has 0 bridgehead atoms. The molecule has 0 saturated heterocycles. The smallest absolute Gasteiger partial charge is 0.0602 e. The molecular formula is C58H38N2Se. The Balaban J connectivity index is 0.964. The van der Waals surface area contributed by atoms with Gasteiger partial charge in [0, 0.05) is 16.5 Å². The summed E-state index contributed by atoms with van der Waals surface area (Å²) in [6.45, 7) is 0. The summed E-state index contributed by atoms with van der Waals surface area (Å²) in [5.74, 6) is 0. The van der Waals surface area contributed by atoms with Gasteiger partial charge >= 0.3 is 187 Å². The third-order valence-electron chi connectivity index (χ3n) is 12.2. The van der Waals surface area contributed by atoms with E-state index in [2.05, 4.69) is 240 Å². The zero-order valence-electron chi connectivity index (χ0n) is 33.2. The van der Waals surface area contributed by atoms with Gasteiger partial charge in [0.15, 0.2) is 0 Å². The Morgan fingerprint density at radius 2 is 0.885 bits per heavy atom. The summed E-state index contributed by atoms with van der Waals surface area (Å²) in [6, 6.07) is 84.6. The van der Waals surface area contributed by atoms with Crippen molar-refractivity contribution >= 4 is 83.4 Å². The number of rotatable bonds is 7. The number of para-hydroxylation sites is 3. The quantitative estimate of drug-likeness (QED) is 0.145. The van der Waals surface area contributed by atoms with Crippen LogP contribution in [0.25, 0.3) is 90.9 Å². The van der Waals surface area contributed by atoms with Crippen LogP contribution in [0.2, 0.25) is 0 Å². The SMILES string of the molecule is c1ccc(-n2c3ccccc3c3cc(-c4ccc(N(c5ccc(-c6ccc7[se]c8ccccc8c7c6)cc5)c5ccccc5-c5ccc6ccccc6c5)cc4)ccc32)cc1. The van der Waals surface area contributed by atoms with Crippen LogP contribution in [-0.2, 0) is 0 Å². The first-order valence-corrected chi connectivity index (χ1v) is 22.5. The van der Waals surface area contributed by atoms with Gasteiger partial charge in [-0.3, -0.25) is 0 Å². The zero-order valence-corrected chi connectivity index (χ0v) is 35.0. The van der Waals surface area contributed by atoms with Crippen molar-refractivity contribution in [2.45, 2.75) is 0 Å². The maximum atomic E-state index is 2.41. The van der Waals surface area contributed by atoms with Crippen molar-refractivity contribution in [1.29, 1.82) is 0 Å². The van der Waals surface area contributed by atoms with Crippen LogP contribution in [0.4, 0.5) is 17.1 Å². The van der Waals surface area contributed by atoms with Crippen molar-refractivity contribution < 1.29 is 0 Å². The fourth-order valence-electron chi connectivity index (χ4n) is 9.22. The fourth-order valence-corrected chi connectivity index (χ4v) is 11.5. The van der Waals surface area contributed by atoms with E-state index in [0.717, 1.165) is 17.1 Å². The van der Waals surface area contributed by atoms with Gasteiger partial charge in [0.2, 0.25) is 0 Å². The summed E-state index contributed by atoms with van der Waals surface area (Å²) >= 11 is 0.359. The summed E-state index contributed by atoms with van der Waals surface area (Å²) in [5, 5.41) is 7.74. The second-order valence-corrected chi connectivity index (χ2v) is 18.0. The molecule has 2 heterocycles. The average Bonchev–Trinajstić information content (AvgIpc) is 3.87. The molecule has 0 saturated carbocycles. The van der Waals surface area contributed by atoms with Crippen LogP contribution in [0.5, 0.6) is 0 Å². The Kier molecular flexibility index (Phi) is 8.55. The first-order valence-electron chi connectivity index (χ1n) is 20.8. The van der Waals surface area contributed by atoms with Crippen LogP contribution in [-0.4, -0.2) is 19.1 Å². The Bertz CT molecular complexity index is 3580. The van der Waals surface area contributed by atoms with Crippen LogP contribution < -0.4 is 4.90 Å². The summed E-state index contributed by atoms with van der Waals surface area (Å²) < 4.78 is 5.31. The summed E-state index contributed by atoms with van der Waals surface area (Å²) in [4.78, 5) is 2.41. The molecule has 0 N–H and O–H groups in total. The molecule has 0 spiro atoms. The Morgan fingerprint density at radius 1 is 0.328 bits per heavy atom. The normalized spacial score (nSPS) is 11.6. The minimum Gasteiger partial charge on any atom is -0.0602 e. The van der Waals surface area contributed by atoms with Crippen molar-refractivity contribution in [3.8, 4) is 39.1 Å². The number of hydrogen-bond donors (Lipinski definition) is 0. The number of anilines is 3. The van der Waals surface area contributed by atoms with Gasteiger partial charge in [0.05, 0.1) is 11.0 Å².